The molecule has 0 amide bonds. The molecule has 1 fully saturated rings. The molecule has 0 spiro atoms. The highest BCUT2D eigenvalue weighted by Gasteiger charge is 2.21. The maximum atomic E-state index is 13.5. The van der Waals surface area contributed by atoms with E-state index >= 15 is 0 Å². The summed E-state index contributed by atoms with van der Waals surface area (Å²) in [6.45, 7) is 2.88. The van der Waals surface area contributed by atoms with E-state index < -0.39 is 11.6 Å². The van der Waals surface area contributed by atoms with Gasteiger partial charge in [-0.1, -0.05) is 18.2 Å². The monoisotopic (exact) mass is 450 g/mol. The maximum absolute atomic E-state index is 13.5. The molecule has 9 heteroatoms. The number of aromatic hydroxyl groups is 1. The van der Waals surface area contributed by atoms with E-state index in [4.69, 9.17) is 4.98 Å². The van der Waals surface area contributed by atoms with Crippen LogP contribution in [0.3, 0.4) is 0 Å². The Morgan fingerprint density at radius 3 is 2.79 bits per heavy atom. The zero-order chi connectivity index (χ0) is 22.8. The first kappa shape index (κ1) is 21.3. The quantitative estimate of drug-likeness (QED) is 0.410. The number of rotatable bonds is 6. The van der Waals surface area contributed by atoms with Crippen molar-refractivity contribution in [3.63, 3.8) is 0 Å². The average Bonchev–Trinajstić information content (AvgIpc) is 3.18. The van der Waals surface area contributed by atoms with E-state index in [1.54, 1.807) is 18.3 Å². The van der Waals surface area contributed by atoms with Crippen molar-refractivity contribution in [1.29, 1.82) is 0 Å². The minimum atomic E-state index is -0.892. The minimum absolute atomic E-state index is 0.153. The number of nitrogens with zero attached hydrogens (tertiary/aromatic N) is 4. The second-order valence-electron chi connectivity index (χ2n) is 8.28. The summed E-state index contributed by atoms with van der Waals surface area (Å²) in [7, 11) is 0. The minimum Gasteiger partial charge on any atom is -0.507 e. The van der Waals surface area contributed by atoms with Gasteiger partial charge in [0.05, 0.1) is 11.8 Å². The number of benzene rings is 2. The molecular formula is C24H24F2N6O. The van der Waals surface area contributed by atoms with Crippen molar-refractivity contribution >= 4 is 17.1 Å². The van der Waals surface area contributed by atoms with E-state index in [-0.39, 0.29) is 12.3 Å². The molecule has 0 aliphatic carbocycles. The van der Waals surface area contributed by atoms with Gasteiger partial charge in [-0.05, 0) is 61.7 Å². The van der Waals surface area contributed by atoms with Crippen molar-refractivity contribution in [3.05, 3.63) is 65.9 Å². The second-order valence-corrected chi connectivity index (χ2v) is 8.28. The number of fused-ring (bicyclic) bond motifs is 1. The van der Waals surface area contributed by atoms with Crippen molar-refractivity contribution in [2.24, 2.45) is 5.92 Å². The van der Waals surface area contributed by atoms with Gasteiger partial charge in [-0.3, -0.25) is 0 Å². The topological polar surface area (TPSA) is 87.9 Å². The third-order valence-corrected chi connectivity index (χ3v) is 5.91. The summed E-state index contributed by atoms with van der Waals surface area (Å²) < 4.78 is 28.7. The number of hydrogen-bond acceptors (Lipinski definition) is 6. The number of para-hydroxylation sites is 1. The predicted molar refractivity (Wildman–Crippen MR) is 122 cm³/mol. The summed E-state index contributed by atoms with van der Waals surface area (Å²) in [4.78, 5) is 13.7. The Hall–Kier alpha value is -3.59. The standard InChI is InChI=1S/C24H24F2N6O/c25-18-8-7-15(10-19(18)26)12-28-24-29-13-20-23(31-24)32(14-16-4-3-9-27-11-16)22(30-20)17-5-1-2-6-21(17)33/h1-2,5-8,10,13,16,27,33H,3-4,9,11-12,14H2,(H,28,29,31)/t16-/m1/s1. The second kappa shape index (κ2) is 9.11. The van der Waals surface area contributed by atoms with Crippen LogP contribution in [0, 0.1) is 17.6 Å². The van der Waals surface area contributed by atoms with Crippen LogP contribution in [0.15, 0.2) is 48.7 Å². The number of piperidine rings is 1. The number of imidazole rings is 1. The largest absolute Gasteiger partial charge is 0.507 e. The molecule has 2 aromatic heterocycles. The first-order valence-corrected chi connectivity index (χ1v) is 11.0. The molecule has 0 saturated carbocycles. The molecule has 7 nitrogen and oxygen atoms in total. The van der Waals surface area contributed by atoms with Crippen LogP contribution in [0.4, 0.5) is 14.7 Å². The molecular weight excluding hydrogens is 426 g/mol. The zero-order valence-corrected chi connectivity index (χ0v) is 17.9. The van der Waals surface area contributed by atoms with E-state index in [1.807, 2.05) is 16.7 Å². The molecule has 1 aliphatic rings. The van der Waals surface area contributed by atoms with Crippen molar-refractivity contribution < 1.29 is 13.9 Å². The smallest absolute Gasteiger partial charge is 0.225 e. The predicted octanol–water partition coefficient (Wildman–Crippen LogP) is 4.09. The number of phenolic OH excluding ortho intramolecular Hbond substituents is 1. The molecule has 33 heavy (non-hydrogen) atoms. The Labute approximate surface area is 189 Å². The molecule has 170 valence electrons. The van der Waals surface area contributed by atoms with Crippen LogP contribution < -0.4 is 10.6 Å². The fraction of sp³-hybridized carbons (Fsp3) is 0.292. The fourth-order valence-electron chi connectivity index (χ4n) is 4.21. The third-order valence-electron chi connectivity index (χ3n) is 5.91. The van der Waals surface area contributed by atoms with Crippen LogP contribution in [-0.2, 0) is 13.1 Å². The number of hydrogen-bond donors (Lipinski definition) is 3. The van der Waals surface area contributed by atoms with Gasteiger partial charge < -0.3 is 20.3 Å². The Kier molecular flexibility index (Phi) is 5.87. The van der Waals surface area contributed by atoms with Crippen molar-refractivity contribution in [2.75, 3.05) is 18.4 Å². The first-order chi connectivity index (χ1) is 16.1. The molecule has 1 atom stereocenters. The van der Waals surface area contributed by atoms with Crippen LogP contribution in [0.5, 0.6) is 5.75 Å². The zero-order valence-electron chi connectivity index (χ0n) is 17.9. The SMILES string of the molecule is Oc1ccccc1-c1nc2cnc(NCc3ccc(F)c(F)c3)nc2n1C[C@@H]1CCCNC1. The fourth-order valence-corrected chi connectivity index (χ4v) is 4.21. The molecule has 0 unspecified atom stereocenters. The van der Waals surface area contributed by atoms with Crippen LogP contribution >= 0.6 is 0 Å². The van der Waals surface area contributed by atoms with Gasteiger partial charge in [0.15, 0.2) is 17.3 Å². The van der Waals surface area contributed by atoms with Crippen molar-refractivity contribution in [3.8, 4) is 17.1 Å². The van der Waals surface area contributed by atoms with E-state index in [2.05, 4.69) is 20.6 Å². The lowest BCUT2D eigenvalue weighted by Crippen LogP contribution is -2.32. The lowest BCUT2D eigenvalue weighted by Gasteiger charge is -2.24. The summed E-state index contributed by atoms with van der Waals surface area (Å²) in [5, 5.41) is 17.0. The van der Waals surface area contributed by atoms with E-state index in [0.717, 1.165) is 38.1 Å². The van der Waals surface area contributed by atoms with Gasteiger partial charge in [-0.25, -0.2) is 18.7 Å². The first-order valence-electron chi connectivity index (χ1n) is 11.0. The number of nitrogens with one attached hydrogen (secondary N) is 2. The molecule has 1 aliphatic heterocycles. The molecule has 3 N–H and O–H groups in total. The normalized spacial score (nSPS) is 16.2. The van der Waals surface area contributed by atoms with Crippen molar-refractivity contribution in [2.45, 2.75) is 25.9 Å². The lowest BCUT2D eigenvalue weighted by molar-refractivity contribution is 0.340. The van der Waals surface area contributed by atoms with Crippen LogP contribution in [0.25, 0.3) is 22.6 Å². The van der Waals surface area contributed by atoms with E-state index in [9.17, 15) is 13.9 Å². The summed E-state index contributed by atoms with van der Waals surface area (Å²) in [5.74, 6) is -0.208. The van der Waals surface area contributed by atoms with E-state index in [1.165, 1.54) is 6.07 Å². The summed E-state index contributed by atoms with van der Waals surface area (Å²) in [6.07, 6.45) is 3.84. The van der Waals surface area contributed by atoms with Crippen LogP contribution in [0.2, 0.25) is 0 Å². The van der Waals surface area contributed by atoms with Gasteiger partial charge >= 0.3 is 0 Å². The average molecular weight is 450 g/mol. The molecule has 5 rings (SSSR count). The Morgan fingerprint density at radius 2 is 2.00 bits per heavy atom. The van der Waals surface area contributed by atoms with Crippen LogP contribution in [-0.4, -0.2) is 37.7 Å². The number of aromatic nitrogens is 4. The number of halogens is 2. The van der Waals surface area contributed by atoms with Gasteiger partial charge in [0, 0.05) is 13.1 Å². The van der Waals surface area contributed by atoms with Gasteiger partial charge in [-0.15, -0.1) is 0 Å². The van der Waals surface area contributed by atoms with Gasteiger partial charge in [0.25, 0.3) is 0 Å². The molecule has 2 aromatic carbocycles. The highest BCUT2D eigenvalue weighted by molar-refractivity contribution is 5.79. The molecule has 1 saturated heterocycles. The van der Waals surface area contributed by atoms with Crippen LogP contribution in [0.1, 0.15) is 18.4 Å². The summed E-state index contributed by atoms with van der Waals surface area (Å²) >= 11 is 0. The molecule has 4 aromatic rings. The van der Waals surface area contributed by atoms with Gasteiger partial charge in [-0.2, -0.15) is 4.98 Å². The highest BCUT2D eigenvalue weighted by Crippen LogP contribution is 2.32. The summed E-state index contributed by atoms with van der Waals surface area (Å²) in [5.41, 5.74) is 2.49. The lowest BCUT2D eigenvalue weighted by atomic mass is 9.99. The van der Waals surface area contributed by atoms with Gasteiger partial charge in [0.2, 0.25) is 5.95 Å². The molecule has 0 bridgehead atoms. The van der Waals surface area contributed by atoms with Gasteiger partial charge in [0.1, 0.15) is 17.1 Å². The maximum Gasteiger partial charge on any atom is 0.225 e. The number of phenols is 1. The Balaban J connectivity index is 1.50. The summed E-state index contributed by atoms with van der Waals surface area (Å²) in [6, 6.07) is 10.9. The Morgan fingerprint density at radius 1 is 1.12 bits per heavy atom. The molecule has 3 heterocycles. The Bertz CT molecular complexity index is 1290. The third kappa shape index (κ3) is 4.49. The number of anilines is 1. The van der Waals surface area contributed by atoms with Crippen molar-refractivity contribution in [1.82, 2.24) is 24.8 Å². The highest BCUT2D eigenvalue weighted by atomic mass is 19.2. The molecule has 0 radical (unpaired) electrons. The van der Waals surface area contributed by atoms with E-state index in [0.29, 0.717) is 46.5 Å².